The van der Waals surface area contributed by atoms with E-state index in [4.69, 9.17) is 4.74 Å². The van der Waals surface area contributed by atoms with Gasteiger partial charge in [0.15, 0.2) is 0 Å². The van der Waals surface area contributed by atoms with E-state index in [2.05, 4.69) is 17.6 Å². The van der Waals surface area contributed by atoms with Crippen molar-refractivity contribution in [2.45, 2.75) is 45.1 Å². The molecule has 2 heterocycles. The molecule has 2 rings (SSSR count). The van der Waals surface area contributed by atoms with Crippen LogP contribution < -0.4 is 10.6 Å². The van der Waals surface area contributed by atoms with Gasteiger partial charge in [0.1, 0.15) is 0 Å². The fraction of sp³-hybridized carbons (Fsp3) is 0.923. The lowest BCUT2D eigenvalue weighted by atomic mass is 9.76. The van der Waals surface area contributed by atoms with Crippen LogP contribution in [0.3, 0.4) is 0 Å². The van der Waals surface area contributed by atoms with Crippen molar-refractivity contribution in [1.82, 2.24) is 10.6 Å². The van der Waals surface area contributed by atoms with Gasteiger partial charge in [-0.25, -0.2) is 0 Å². The van der Waals surface area contributed by atoms with Crippen LogP contribution in [0.15, 0.2) is 0 Å². The smallest absolute Gasteiger partial charge is 0.226 e. The Morgan fingerprint density at radius 1 is 1.47 bits per heavy atom. The number of ether oxygens (including phenoxy) is 1. The van der Waals surface area contributed by atoms with Gasteiger partial charge in [0, 0.05) is 13.2 Å². The van der Waals surface area contributed by atoms with Gasteiger partial charge in [-0.1, -0.05) is 6.92 Å². The number of hydrogen-bond acceptors (Lipinski definition) is 3. The number of nitrogens with one attached hydrogen (secondary N) is 2. The highest BCUT2D eigenvalue weighted by molar-refractivity contribution is 5.82. The summed E-state index contributed by atoms with van der Waals surface area (Å²) in [7, 11) is 0. The van der Waals surface area contributed by atoms with Gasteiger partial charge in [-0.3, -0.25) is 4.79 Å². The second-order valence-corrected chi connectivity index (χ2v) is 5.23. The molecule has 0 saturated carbocycles. The molecule has 2 saturated heterocycles. The zero-order chi connectivity index (χ0) is 12.1. The average molecular weight is 240 g/mol. The Labute approximate surface area is 103 Å². The summed E-state index contributed by atoms with van der Waals surface area (Å²) in [6.45, 7) is 5.58. The molecular formula is C13H24N2O2. The van der Waals surface area contributed by atoms with Crippen LogP contribution in [0.25, 0.3) is 0 Å². The van der Waals surface area contributed by atoms with Crippen LogP contribution in [-0.4, -0.2) is 38.3 Å². The Balaban J connectivity index is 1.83. The normalized spacial score (nSPS) is 27.9. The Morgan fingerprint density at radius 3 is 2.82 bits per heavy atom. The molecular weight excluding hydrogens is 216 g/mol. The molecule has 2 aliphatic heterocycles. The zero-order valence-electron chi connectivity index (χ0n) is 10.8. The summed E-state index contributed by atoms with van der Waals surface area (Å²) in [6.07, 6.45) is 5.31. The molecule has 98 valence electrons. The molecule has 0 aliphatic carbocycles. The summed E-state index contributed by atoms with van der Waals surface area (Å²) in [5, 5.41) is 6.42. The van der Waals surface area contributed by atoms with Crippen LogP contribution in [-0.2, 0) is 9.53 Å². The summed E-state index contributed by atoms with van der Waals surface area (Å²) in [4.78, 5) is 12.3. The fourth-order valence-corrected chi connectivity index (χ4v) is 2.85. The van der Waals surface area contributed by atoms with Crippen molar-refractivity contribution in [3.05, 3.63) is 0 Å². The van der Waals surface area contributed by atoms with Crippen molar-refractivity contribution in [3.8, 4) is 0 Å². The van der Waals surface area contributed by atoms with Gasteiger partial charge in [-0.2, -0.15) is 0 Å². The standard InChI is InChI=1S/C13H24N2O2/c1-2-13(5-7-14-8-6-13)12(16)15-10-11-4-3-9-17-11/h11,14H,2-10H2,1H3,(H,15,16). The van der Waals surface area contributed by atoms with Gasteiger partial charge in [0.05, 0.1) is 11.5 Å². The lowest BCUT2D eigenvalue weighted by Crippen LogP contribution is -2.48. The van der Waals surface area contributed by atoms with Crippen LogP contribution in [0.2, 0.25) is 0 Å². The molecule has 0 aromatic carbocycles. The maximum absolute atomic E-state index is 12.3. The molecule has 4 heteroatoms. The molecule has 1 amide bonds. The van der Waals surface area contributed by atoms with E-state index >= 15 is 0 Å². The molecule has 2 N–H and O–H groups in total. The minimum atomic E-state index is -0.135. The monoisotopic (exact) mass is 240 g/mol. The van der Waals surface area contributed by atoms with E-state index in [1.54, 1.807) is 0 Å². The van der Waals surface area contributed by atoms with Gasteiger partial charge in [0.25, 0.3) is 0 Å². The molecule has 0 bridgehead atoms. The fourth-order valence-electron chi connectivity index (χ4n) is 2.85. The van der Waals surface area contributed by atoms with Crippen molar-refractivity contribution < 1.29 is 9.53 Å². The van der Waals surface area contributed by atoms with Crippen LogP contribution in [0, 0.1) is 5.41 Å². The first-order valence-corrected chi connectivity index (χ1v) is 6.87. The largest absolute Gasteiger partial charge is 0.376 e. The maximum atomic E-state index is 12.3. The Kier molecular flexibility index (Phi) is 4.40. The summed E-state index contributed by atoms with van der Waals surface area (Å²) in [6, 6.07) is 0. The molecule has 0 aromatic rings. The molecule has 4 nitrogen and oxygen atoms in total. The lowest BCUT2D eigenvalue weighted by molar-refractivity contribution is -0.133. The molecule has 2 fully saturated rings. The first-order chi connectivity index (χ1) is 8.27. The van der Waals surface area contributed by atoms with Crippen molar-refractivity contribution in [2.75, 3.05) is 26.2 Å². The summed E-state index contributed by atoms with van der Waals surface area (Å²) < 4.78 is 5.53. The number of carbonyl (C=O) groups is 1. The van der Waals surface area contributed by atoms with Crippen molar-refractivity contribution in [3.63, 3.8) is 0 Å². The molecule has 1 unspecified atom stereocenters. The third-order valence-corrected chi connectivity index (χ3v) is 4.23. The molecule has 1 atom stereocenters. The number of carbonyl (C=O) groups excluding carboxylic acids is 1. The summed E-state index contributed by atoms with van der Waals surface area (Å²) in [5.74, 6) is 0.233. The minimum absolute atomic E-state index is 0.135. The second-order valence-electron chi connectivity index (χ2n) is 5.23. The Morgan fingerprint density at radius 2 is 2.24 bits per heavy atom. The average Bonchev–Trinajstić information content (AvgIpc) is 2.90. The minimum Gasteiger partial charge on any atom is -0.376 e. The summed E-state index contributed by atoms with van der Waals surface area (Å²) in [5.41, 5.74) is -0.135. The quantitative estimate of drug-likeness (QED) is 0.772. The van der Waals surface area contributed by atoms with Gasteiger partial charge in [0.2, 0.25) is 5.91 Å². The SMILES string of the molecule is CCC1(C(=O)NCC2CCCO2)CCNCC1. The van der Waals surface area contributed by atoms with Crippen molar-refractivity contribution in [2.24, 2.45) is 5.41 Å². The van der Waals surface area contributed by atoms with Crippen LogP contribution in [0.1, 0.15) is 39.0 Å². The maximum Gasteiger partial charge on any atom is 0.226 e. The molecule has 17 heavy (non-hydrogen) atoms. The summed E-state index contributed by atoms with van der Waals surface area (Å²) >= 11 is 0. The number of rotatable bonds is 4. The van der Waals surface area contributed by atoms with Gasteiger partial charge in [-0.05, 0) is 45.2 Å². The van der Waals surface area contributed by atoms with Gasteiger partial charge < -0.3 is 15.4 Å². The highest BCUT2D eigenvalue weighted by Crippen LogP contribution is 2.32. The first-order valence-electron chi connectivity index (χ1n) is 6.87. The highest BCUT2D eigenvalue weighted by atomic mass is 16.5. The topological polar surface area (TPSA) is 50.4 Å². The number of hydrogen-bond donors (Lipinski definition) is 2. The van der Waals surface area contributed by atoms with E-state index in [-0.39, 0.29) is 17.4 Å². The van der Waals surface area contributed by atoms with E-state index in [0.29, 0.717) is 6.54 Å². The predicted molar refractivity (Wildman–Crippen MR) is 66.8 cm³/mol. The van der Waals surface area contributed by atoms with E-state index in [0.717, 1.165) is 51.8 Å². The molecule has 0 aromatic heterocycles. The van der Waals surface area contributed by atoms with E-state index in [9.17, 15) is 4.79 Å². The van der Waals surface area contributed by atoms with Crippen molar-refractivity contribution >= 4 is 5.91 Å². The molecule has 0 spiro atoms. The molecule has 2 aliphatic rings. The second kappa shape index (κ2) is 5.83. The Hall–Kier alpha value is -0.610. The highest BCUT2D eigenvalue weighted by Gasteiger charge is 2.37. The number of piperidine rings is 1. The molecule has 0 radical (unpaired) electrons. The third kappa shape index (κ3) is 2.99. The van der Waals surface area contributed by atoms with Crippen LogP contribution in [0.4, 0.5) is 0 Å². The van der Waals surface area contributed by atoms with E-state index in [1.165, 1.54) is 0 Å². The van der Waals surface area contributed by atoms with Gasteiger partial charge >= 0.3 is 0 Å². The van der Waals surface area contributed by atoms with Crippen LogP contribution in [0.5, 0.6) is 0 Å². The third-order valence-electron chi connectivity index (χ3n) is 4.23. The lowest BCUT2D eigenvalue weighted by Gasteiger charge is -2.35. The number of amides is 1. The Bertz CT molecular complexity index is 256. The first kappa shape index (κ1) is 12.8. The predicted octanol–water partition coefficient (Wildman–Crippen LogP) is 1.06. The van der Waals surface area contributed by atoms with E-state index in [1.807, 2.05) is 0 Å². The van der Waals surface area contributed by atoms with E-state index < -0.39 is 0 Å². The van der Waals surface area contributed by atoms with Crippen molar-refractivity contribution in [1.29, 1.82) is 0 Å². The van der Waals surface area contributed by atoms with Crippen LogP contribution >= 0.6 is 0 Å². The van der Waals surface area contributed by atoms with Gasteiger partial charge in [-0.15, -0.1) is 0 Å². The zero-order valence-corrected chi connectivity index (χ0v) is 10.8.